The van der Waals surface area contributed by atoms with Gasteiger partial charge in [0, 0.05) is 115 Å². The lowest BCUT2D eigenvalue weighted by Gasteiger charge is -2.22. The predicted molar refractivity (Wildman–Crippen MR) is 284 cm³/mol. The van der Waals surface area contributed by atoms with E-state index in [0.29, 0.717) is 37.4 Å². The molecule has 10 amide bonds. The van der Waals surface area contributed by atoms with Gasteiger partial charge in [-0.3, -0.25) is 0 Å². The number of nitrogens with zero attached hydrogens (tertiary/aromatic N) is 3. The summed E-state index contributed by atoms with van der Waals surface area (Å²) in [5, 5.41) is 27.6. The molecule has 72 heavy (non-hydrogen) atoms. The van der Waals surface area contributed by atoms with Crippen molar-refractivity contribution in [2.24, 2.45) is 18.9 Å². The Morgan fingerprint density at radius 2 is 1.07 bits per heavy atom. The normalized spacial score (nSPS) is 14.0. The van der Waals surface area contributed by atoms with Crippen LogP contribution in [-0.4, -0.2) is 136 Å². The third-order valence-electron chi connectivity index (χ3n) is 10.3. The second kappa shape index (κ2) is 37.3. The summed E-state index contributed by atoms with van der Waals surface area (Å²) in [4.78, 5) is 62.2. The highest BCUT2D eigenvalue weighted by Gasteiger charge is 2.20. The van der Waals surface area contributed by atoms with Gasteiger partial charge in [0.1, 0.15) is 5.75 Å². The molecule has 0 saturated carbocycles. The maximum atomic E-state index is 11.3. The monoisotopic (exact) mass is 1010 g/mol. The van der Waals surface area contributed by atoms with Crippen molar-refractivity contribution in [2.75, 3.05) is 67.7 Å². The first-order valence-electron chi connectivity index (χ1n) is 24.8. The van der Waals surface area contributed by atoms with Gasteiger partial charge >= 0.3 is 30.2 Å². The predicted octanol–water partition coefficient (Wildman–Crippen LogP) is 5.42. The molecule has 10 N–H and O–H groups in total. The first-order valence-corrected chi connectivity index (χ1v) is 24.8. The summed E-state index contributed by atoms with van der Waals surface area (Å²) >= 11 is 0. The molecule has 0 bridgehead atoms. The highest BCUT2D eigenvalue weighted by molar-refractivity contribution is 5.75. The zero-order valence-corrected chi connectivity index (χ0v) is 45.3. The second-order valence-corrected chi connectivity index (χ2v) is 18.6. The molecule has 0 spiro atoms. The van der Waals surface area contributed by atoms with Crippen molar-refractivity contribution in [1.29, 1.82) is 0 Å². The van der Waals surface area contributed by atoms with E-state index in [-0.39, 0.29) is 54.3 Å². The Labute approximate surface area is 429 Å². The number of benzene rings is 1. The Bertz CT molecular complexity index is 1910. The van der Waals surface area contributed by atoms with E-state index in [0.717, 1.165) is 74.7 Å². The number of nitrogens with one attached hydrogen (secondary N) is 10. The fourth-order valence-corrected chi connectivity index (χ4v) is 6.55. The maximum absolute atomic E-state index is 11.3. The van der Waals surface area contributed by atoms with Gasteiger partial charge in [-0.15, -0.1) is 0 Å². The third-order valence-corrected chi connectivity index (χ3v) is 10.3. The lowest BCUT2D eigenvalue weighted by atomic mass is 10.0. The molecule has 2 aliphatic rings. The van der Waals surface area contributed by atoms with Crippen molar-refractivity contribution in [3.05, 3.63) is 77.7 Å². The Balaban J connectivity index is 0.000000450. The minimum absolute atomic E-state index is 0.0467. The quantitative estimate of drug-likeness (QED) is 0.0872. The van der Waals surface area contributed by atoms with Gasteiger partial charge in [-0.2, -0.15) is 0 Å². The molecule has 21 heteroatoms. The molecule has 3 aromatic rings. The number of carbonyl (C=O) groups excluding carboxylic acids is 5. The smallest absolute Gasteiger partial charge is 0.315 e. The molecule has 1 atom stereocenters. The van der Waals surface area contributed by atoms with Gasteiger partial charge < -0.3 is 76.8 Å². The minimum Gasteiger partial charge on any atom is -0.497 e. The van der Waals surface area contributed by atoms with Crippen LogP contribution < -0.4 is 62.6 Å². The number of likely N-dealkylation sites (tertiary alicyclic amines) is 1. The van der Waals surface area contributed by atoms with Crippen LogP contribution in [-0.2, 0) is 31.4 Å². The molecular weight excluding hydrogens is 923 g/mol. The summed E-state index contributed by atoms with van der Waals surface area (Å²) in [6, 6.07) is 13.3. The van der Waals surface area contributed by atoms with Crippen LogP contribution >= 0.6 is 0 Å². The van der Waals surface area contributed by atoms with E-state index in [9.17, 15) is 24.0 Å². The van der Waals surface area contributed by atoms with Crippen LogP contribution in [0.4, 0.5) is 24.0 Å². The Hall–Kier alpha value is -6.48. The molecular formula is C51H89N13O8. The highest BCUT2D eigenvalue weighted by Crippen LogP contribution is 2.14. The number of hydrogen-bond acceptors (Lipinski definition) is 10. The van der Waals surface area contributed by atoms with Gasteiger partial charge in [0.25, 0.3) is 0 Å². The van der Waals surface area contributed by atoms with Crippen LogP contribution in [0.5, 0.6) is 11.6 Å². The zero-order valence-electron chi connectivity index (χ0n) is 45.3. The molecule has 1 unspecified atom stereocenters. The number of urea groups is 5. The average molecular weight is 1010 g/mol. The van der Waals surface area contributed by atoms with Crippen LogP contribution in [0.25, 0.3) is 0 Å². The maximum Gasteiger partial charge on any atom is 0.315 e. The largest absolute Gasteiger partial charge is 0.497 e. The SMILES string of the molecule is CC(C)NC(=O)NCC1CCN(C)C1.CC(C)NC(=O)NCC1CCOCC1.CC(C)NC(=O)NCc1ccn(C)c1.CNC(=O)NCc1ccc(OC)cc1.COc1ccc(CNC(=O)NC(C)C)cn1. The fraction of sp³-hybridized carbons (Fsp3) is 0.608. The zero-order chi connectivity index (χ0) is 53.8. The van der Waals surface area contributed by atoms with Crippen molar-refractivity contribution in [3.63, 3.8) is 0 Å². The average Bonchev–Trinajstić information content (AvgIpc) is 3.97. The van der Waals surface area contributed by atoms with Crippen molar-refractivity contribution in [2.45, 2.75) is 118 Å². The van der Waals surface area contributed by atoms with E-state index < -0.39 is 0 Å². The number of hydrogen-bond donors (Lipinski definition) is 10. The highest BCUT2D eigenvalue weighted by atomic mass is 16.5. The summed E-state index contributed by atoms with van der Waals surface area (Å²) in [6.45, 7) is 22.5. The molecule has 21 nitrogen and oxygen atoms in total. The van der Waals surface area contributed by atoms with Crippen molar-refractivity contribution in [1.82, 2.24) is 67.6 Å². The van der Waals surface area contributed by atoms with Gasteiger partial charge in [0.05, 0.1) is 14.2 Å². The molecule has 1 aromatic carbocycles. The van der Waals surface area contributed by atoms with E-state index in [1.807, 2.05) is 116 Å². The van der Waals surface area contributed by atoms with Crippen LogP contribution in [0.15, 0.2) is 61.1 Å². The van der Waals surface area contributed by atoms with E-state index in [1.54, 1.807) is 33.5 Å². The van der Waals surface area contributed by atoms with Gasteiger partial charge in [0.15, 0.2) is 0 Å². The van der Waals surface area contributed by atoms with Crippen LogP contribution in [0, 0.1) is 11.8 Å². The molecule has 2 saturated heterocycles. The van der Waals surface area contributed by atoms with Gasteiger partial charge in [-0.05, 0) is 135 Å². The molecule has 5 rings (SSSR count). The number of amides is 10. The van der Waals surface area contributed by atoms with Gasteiger partial charge in [-0.1, -0.05) is 18.2 Å². The van der Waals surface area contributed by atoms with Gasteiger partial charge in [0.2, 0.25) is 5.88 Å². The molecule has 2 aliphatic heterocycles. The topological polar surface area (TPSA) is 254 Å². The summed E-state index contributed by atoms with van der Waals surface area (Å²) in [7, 11) is 8.85. The number of aromatic nitrogens is 2. The van der Waals surface area contributed by atoms with E-state index in [4.69, 9.17) is 14.2 Å². The van der Waals surface area contributed by atoms with Crippen molar-refractivity contribution >= 4 is 30.2 Å². The number of carbonyl (C=O) groups is 5. The first-order chi connectivity index (χ1) is 34.2. The fourth-order valence-electron chi connectivity index (χ4n) is 6.55. The number of pyridine rings is 1. The van der Waals surface area contributed by atoms with Gasteiger partial charge in [-0.25, -0.2) is 29.0 Å². The standard InChI is InChI=1S/C11H17N3O2.C10H21N3O.C10H17N3O.C10H14N2O2.C10H20N2O2/c1-8(2)14-11(15)13-7-9-4-5-10(16-3)12-6-9;2*1-8(2)12-10(14)11-6-9-4-5-13(3)7-9;1-11-10(13)12-7-8-3-5-9(14-2)6-4-8;1-8(2)12-10(13)11-7-9-3-5-14-6-4-9/h4-6,8H,7H2,1-3H3,(H2,13,14,15);8-9H,4-7H2,1-3H3,(H2,11,12,14);4-5,7-8H,6H2,1-3H3,(H2,11,12,14);3-6H,7H2,1-2H3,(H2,11,12,13);8-9H,3-7H2,1-2H3,(H2,11,12,13). The first kappa shape index (κ1) is 63.5. The number of aryl methyl sites for hydroxylation is 1. The summed E-state index contributed by atoms with van der Waals surface area (Å²) in [6.07, 6.45) is 8.92. The number of ether oxygens (including phenoxy) is 3. The van der Waals surface area contributed by atoms with E-state index in [1.165, 1.54) is 6.42 Å². The summed E-state index contributed by atoms with van der Waals surface area (Å²) < 4.78 is 17.2. The summed E-state index contributed by atoms with van der Waals surface area (Å²) in [5.74, 6) is 2.59. The Morgan fingerprint density at radius 1 is 0.597 bits per heavy atom. The van der Waals surface area contributed by atoms with E-state index >= 15 is 0 Å². The Kier molecular flexibility index (Phi) is 32.9. The molecule has 0 aliphatic carbocycles. The van der Waals surface area contributed by atoms with Crippen molar-refractivity contribution < 1.29 is 38.2 Å². The molecule has 2 aromatic heterocycles. The number of rotatable bonds is 16. The van der Waals surface area contributed by atoms with E-state index in [2.05, 4.69) is 70.1 Å². The molecule has 406 valence electrons. The molecule has 4 heterocycles. The lowest BCUT2D eigenvalue weighted by molar-refractivity contribution is 0.0669. The number of methoxy groups -OCH3 is 2. The lowest BCUT2D eigenvalue weighted by Crippen LogP contribution is -2.42. The molecule has 0 radical (unpaired) electrons. The summed E-state index contributed by atoms with van der Waals surface area (Å²) in [5.41, 5.74) is 3.07. The van der Waals surface area contributed by atoms with Crippen LogP contribution in [0.3, 0.4) is 0 Å². The molecule has 2 fully saturated rings. The third kappa shape index (κ3) is 33.2. The van der Waals surface area contributed by atoms with Crippen molar-refractivity contribution in [3.8, 4) is 11.6 Å². The minimum atomic E-state index is -0.180. The Morgan fingerprint density at radius 3 is 1.49 bits per heavy atom. The van der Waals surface area contributed by atoms with Crippen LogP contribution in [0.2, 0.25) is 0 Å². The second-order valence-electron chi connectivity index (χ2n) is 18.6. The van der Waals surface area contributed by atoms with Crippen LogP contribution in [0.1, 0.15) is 91.3 Å².